The van der Waals surface area contributed by atoms with Crippen LogP contribution in [0.3, 0.4) is 0 Å². The predicted molar refractivity (Wildman–Crippen MR) is 82.9 cm³/mol. The fourth-order valence-corrected chi connectivity index (χ4v) is 2.98. The standard InChI is InChI=1S/C15H10BrNO2S/c1-19-12-4-2-3-10(7-12)15(18)11(9-17)8-13-5-6-14(16)20-13/h2-8H,1H3/b11-8+. The van der Waals surface area contributed by atoms with Crippen LogP contribution >= 0.6 is 27.3 Å². The van der Waals surface area contributed by atoms with Gasteiger partial charge in [0.2, 0.25) is 5.78 Å². The monoisotopic (exact) mass is 347 g/mol. The maximum Gasteiger partial charge on any atom is 0.203 e. The van der Waals surface area contributed by atoms with E-state index in [1.807, 2.05) is 18.2 Å². The third kappa shape index (κ3) is 3.35. The van der Waals surface area contributed by atoms with Gasteiger partial charge in [-0.05, 0) is 46.3 Å². The number of nitriles is 1. The van der Waals surface area contributed by atoms with Crippen LogP contribution in [0.15, 0.2) is 45.8 Å². The molecule has 0 saturated carbocycles. The van der Waals surface area contributed by atoms with Crippen LogP contribution in [-0.2, 0) is 0 Å². The summed E-state index contributed by atoms with van der Waals surface area (Å²) in [7, 11) is 1.54. The van der Waals surface area contributed by atoms with Gasteiger partial charge in [0.15, 0.2) is 0 Å². The molecule has 0 spiro atoms. The van der Waals surface area contributed by atoms with Crippen molar-refractivity contribution in [1.29, 1.82) is 5.26 Å². The number of nitrogens with zero attached hydrogens (tertiary/aromatic N) is 1. The zero-order valence-corrected chi connectivity index (χ0v) is 13.0. The van der Waals surface area contributed by atoms with E-state index in [9.17, 15) is 10.1 Å². The molecule has 2 aromatic rings. The number of methoxy groups -OCH3 is 1. The Labute approximate surface area is 129 Å². The molecule has 5 heteroatoms. The highest BCUT2D eigenvalue weighted by Gasteiger charge is 2.13. The lowest BCUT2D eigenvalue weighted by atomic mass is 10.0. The van der Waals surface area contributed by atoms with E-state index in [2.05, 4.69) is 15.9 Å². The van der Waals surface area contributed by atoms with Crippen molar-refractivity contribution in [2.45, 2.75) is 0 Å². The van der Waals surface area contributed by atoms with Gasteiger partial charge in [-0.25, -0.2) is 0 Å². The molecular formula is C15H10BrNO2S. The highest BCUT2D eigenvalue weighted by atomic mass is 79.9. The smallest absolute Gasteiger partial charge is 0.203 e. The first kappa shape index (κ1) is 14.5. The number of halogens is 1. The van der Waals surface area contributed by atoms with Crippen LogP contribution in [-0.4, -0.2) is 12.9 Å². The van der Waals surface area contributed by atoms with Gasteiger partial charge in [-0.2, -0.15) is 5.26 Å². The topological polar surface area (TPSA) is 50.1 Å². The Morgan fingerprint density at radius 2 is 2.20 bits per heavy atom. The van der Waals surface area contributed by atoms with E-state index in [0.717, 1.165) is 8.66 Å². The number of rotatable bonds is 4. The Kier molecular flexibility index (Phi) is 4.72. The molecule has 0 aliphatic heterocycles. The van der Waals surface area contributed by atoms with E-state index in [1.165, 1.54) is 18.4 Å². The van der Waals surface area contributed by atoms with Crippen molar-refractivity contribution in [3.63, 3.8) is 0 Å². The number of benzene rings is 1. The second-order valence-electron chi connectivity index (χ2n) is 3.87. The molecule has 100 valence electrons. The zero-order valence-electron chi connectivity index (χ0n) is 10.6. The van der Waals surface area contributed by atoms with Crippen LogP contribution in [0.25, 0.3) is 6.08 Å². The van der Waals surface area contributed by atoms with Crippen LogP contribution in [0.1, 0.15) is 15.2 Å². The van der Waals surface area contributed by atoms with Crippen molar-refractivity contribution in [3.05, 3.63) is 56.2 Å². The van der Waals surface area contributed by atoms with Crippen LogP contribution in [0.2, 0.25) is 0 Å². The normalized spacial score (nSPS) is 10.9. The highest BCUT2D eigenvalue weighted by molar-refractivity contribution is 9.11. The molecular weight excluding hydrogens is 338 g/mol. The van der Waals surface area contributed by atoms with E-state index in [0.29, 0.717) is 11.3 Å². The summed E-state index contributed by atoms with van der Waals surface area (Å²) in [6.45, 7) is 0. The molecule has 0 bridgehead atoms. The minimum Gasteiger partial charge on any atom is -0.497 e. The minimum absolute atomic E-state index is 0.104. The third-order valence-electron chi connectivity index (χ3n) is 2.58. The highest BCUT2D eigenvalue weighted by Crippen LogP contribution is 2.25. The average molecular weight is 348 g/mol. The second kappa shape index (κ2) is 6.51. The lowest BCUT2D eigenvalue weighted by molar-refractivity contribution is 0.103. The number of carbonyl (C=O) groups is 1. The first-order valence-electron chi connectivity index (χ1n) is 5.70. The van der Waals surface area contributed by atoms with E-state index in [-0.39, 0.29) is 11.4 Å². The SMILES string of the molecule is COc1cccc(C(=O)/C(C#N)=C/c2ccc(Br)s2)c1. The molecule has 3 nitrogen and oxygen atoms in total. The summed E-state index contributed by atoms with van der Waals surface area (Å²) in [5, 5.41) is 9.17. The first-order chi connectivity index (χ1) is 9.63. The number of ketones is 1. The van der Waals surface area contributed by atoms with Gasteiger partial charge in [0.05, 0.1) is 10.9 Å². The molecule has 0 fully saturated rings. The summed E-state index contributed by atoms with van der Waals surface area (Å²) < 4.78 is 6.03. The van der Waals surface area contributed by atoms with Gasteiger partial charge < -0.3 is 4.74 Å². The number of hydrogen-bond acceptors (Lipinski definition) is 4. The number of thiophene rings is 1. The molecule has 1 heterocycles. The Morgan fingerprint density at radius 3 is 2.80 bits per heavy atom. The van der Waals surface area contributed by atoms with Crippen molar-refractivity contribution in [1.82, 2.24) is 0 Å². The van der Waals surface area contributed by atoms with Crippen molar-refractivity contribution < 1.29 is 9.53 Å². The minimum atomic E-state index is -0.309. The molecule has 0 saturated heterocycles. The van der Waals surface area contributed by atoms with E-state index in [1.54, 1.807) is 30.3 Å². The maximum atomic E-state index is 12.3. The summed E-state index contributed by atoms with van der Waals surface area (Å²) >= 11 is 4.81. The van der Waals surface area contributed by atoms with E-state index < -0.39 is 0 Å². The van der Waals surface area contributed by atoms with Gasteiger partial charge in [0.1, 0.15) is 17.4 Å². The van der Waals surface area contributed by atoms with Crippen LogP contribution < -0.4 is 4.74 Å². The molecule has 0 radical (unpaired) electrons. The van der Waals surface area contributed by atoms with Gasteiger partial charge in [-0.15, -0.1) is 11.3 Å². The largest absolute Gasteiger partial charge is 0.497 e. The molecule has 0 N–H and O–H groups in total. The molecule has 0 atom stereocenters. The van der Waals surface area contributed by atoms with E-state index in [4.69, 9.17) is 4.74 Å². The molecule has 0 amide bonds. The van der Waals surface area contributed by atoms with Crippen LogP contribution in [0, 0.1) is 11.3 Å². The fraction of sp³-hybridized carbons (Fsp3) is 0.0667. The summed E-state index contributed by atoms with van der Waals surface area (Å²) in [5.74, 6) is 0.280. The van der Waals surface area contributed by atoms with Crippen molar-refractivity contribution in [3.8, 4) is 11.8 Å². The van der Waals surface area contributed by atoms with Gasteiger partial charge in [-0.3, -0.25) is 4.79 Å². The van der Waals surface area contributed by atoms with Crippen LogP contribution in [0.5, 0.6) is 5.75 Å². The molecule has 20 heavy (non-hydrogen) atoms. The summed E-state index contributed by atoms with van der Waals surface area (Å²) in [5.41, 5.74) is 0.542. The number of Topliss-reactive ketones (excluding diaryl/α,β-unsaturated/α-hetero) is 1. The average Bonchev–Trinajstić information content (AvgIpc) is 2.89. The summed E-state index contributed by atoms with van der Waals surface area (Å²) in [6, 6.07) is 12.5. The number of allylic oxidation sites excluding steroid dienone is 1. The van der Waals surface area contributed by atoms with E-state index >= 15 is 0 Å². The lowest BCUT2D eigenvalue weighted by Gasteiger charge is -2.02. The third-order valence-corrected chi connectivity index (χ3v) is 4.15. The molecule has 1 aromatic carbocycles. The summed E-state index contributed by atoms with van der Waals surface area (Å²) in [4.78, 5) is 13.2. The number of hydrogen-bond donors (Lipinski definition) is 0. The zero-order chi connectivity index (χ0) is 14.5. The summed E-state index contributed by atoms with van der Waals surface area (Å²) in [6.07, 6.45) is 1.59. The molecule has 0 aliphatic carbocycles. The van der Waals surface area contributed by atoms with Gasteiger partial charge in [0.25, 0.3) is 0 Å². The maximum absolute atomic E-state index is 12.3. The second-order valence-corrected chi connectivity index (χ2v) is 6.37. The van der Waals surface area contributed by atoms with Crippen LogP contribution in [0.4, 0.5) is 0 Å². The quantitative estimate of drug-likeness (QED) is 0.470. The Bertz CT molecular complexity index is 713. The first-order valence-corrected chi connectivity index (χ1v) is 7.31. The van der Waals surface area contributed by atoms with Gasteiger partial charge >= 0.3 is 0 Å². The van der Waals surface area contributed by atoms with Gasteiger partial charge in [0, 0.05) is 10.4 Å². The lowest BCUT2D eigenvalue weighted by Crippen LogP contribution is -2.02. The van der Waals surface area contributed by atoms with Gasteiger partial charge in [-0.1, -0.05) is 12.1 Å². The number of ether oxygens (including phenoxy) is 1. The molecule has 0 aliphatic rings. The van der Waals surface area contributed by atoms with Crippen molar-refractivity contribution >= 4 is 39.1 Å². The Hall–Kier alpha value is -1.90. The molecule has 0 unspecified atom stereocenters. The number of carbonyl (C=O) groups excluding carboxylic acids is 1. The predicted octanol–water partition coefficient (Wildman–Crippen LogP) is 4.31. The Morgan fingerprint density at radius 1 is 1.40 bits per heavy atom. The fourth-order valence-electron chi connectivity index (χ4n) is 1.62. The van der Waals surface area contributed by atoms with Crippen molar-refractivity contribution in [2.24, 2.45) is 0 Å². The molecule has 1 aromatic heterocycles. The van der Waals surface area contributed by atoms with Crippen molar-refractivity contribution in [2.75, 3.05) is 7.11 Å². The Balaban J connectivity index is 2.34. The molecule has 2 rings (SSSR count).